The minimum absolute atomic E-state index is 0.0852. The number of aliphatic hydroxyl groups excluding tert-OH is 2. The maximum absolute atomic E-state index is 9.24. The van der Waals surface area contributed by atoms with Gasteiger partial charge >= 0.3 is 0 Å². The van der Waals surface area contributed by atoms with Gasteiger partial charge in [0.15, 0.2) is 0 Å². The lowest BCUT2D eigenvalue weighted by Gasteiger charge is -2.06. The van der Waals surface area contributed by atoms with Crippen LogP contribution >= 0.6 is 0 Å². The Morgan fingerprint density at radius 3 is 1.08 bits per heavy atom. The van der Waals surface area contributed by atoms with Crippen LogP contribution in [0.3, 0.4) is 0 Å². The maximum atomic E-state index is 9.24. The number of aliphatic hydroxyl groups is 2. The second-order valence-electron chi connectivity index (χ2n) is 8.11. The molecular formula is C22H46O2. The fourth-order valence-corrected chi connectivity index (χ4v) is 3.32. The highest BCUT2D eigenvalue weighted by Crippen LogP contribution is 2.15. The molecule has 0 aromatic heterocycles. The molecule has 0 heterocycles. The molecule has 0 aliphatic carbocycles. The van der Waals surface area contributed by atoms with Crippen molar-refractivity contribution in [2.24, 2.45) is 5.92 Å². The van der Waals surface area contributed by atoms with E-state index in [2.05, 4.69) is 13.8 Å². The zero-order chi connectivity index (χ0) is 17.9. The van der Waals surface area contributed by atoms with Crippen LogP contribution in [0, 0.1) is 5.92 Å². The van der Waals surface area contributed by atoms with Crippen molar-refractivity contribution in [3.8, 4) is 0 Å². The van der Waals surface area contributed by atoms with Gasteiger partial charge in [-0.15, -0.1) is 0 Å². The summed E-state index contributed by atoms with van der Waals surface area (Å²) in [6.45, 7) is 4.56. The molecule has 146 valence electrons. The average molecular weight is 343 g/mol. The predicted molar refractivity (Wildman–Crippen MR) is 106 cm³/mol. The van der Waals surface area contributed by atoms with Crippen molar-refractivity contribution in [1.82, 2.24) is 0 Å². The van der Waals surface area contributed by atoms with Crippen molar-refractivity contribution in [2.75, 3.05) is 6.61 Å². The Hall–Kier alpha value is -0.0800. The zero-order valence-electron chi connectivity index (χ0n) is 16.8. The summed E-state index contributed by atoms with van der Waals surface area (Å²) >= 11 is 0. The molecule has 0 saturated carbocycles. The molecule has 0 aliphatic heterocycles. The van der Waals surface area contributed by atoms with E-state index >= 15 is 0 Å². The van der Waals surface area contributed by atoms with Crippen LogP contribution in [0.2, 0.25) is 0 Å². The molecule has 0 fully saturated rings. The van der Waals surface area contributed by atoms with Crippen molar-refractivity contribution < 1.29 is 10.2 Å². The van der Waals surface area contributed by atoms with Crippen LogP contribution in [0.4, 0.5) is 0 Å². The summed E-state index contributed by atoms with van der Waals surface area (Å²) in [7, 11) is 0. The molecule has 0 spiro atoms. The monoisotopic (exact) mass is 342 g/mol. The van der Waals surface area contributed by atoms with Gasteiger partial charge in [-0.25, -0.2) is 0 Å². The van der Waals surface area contributed by atoms with E-state index in [0.717, 1.165) is 18.8 Å². The van der Waals surface area contributed by atoms with Crippen molar-refractivity contribution in [2.45, 2.75) is 129 Å². The molecule has 2 heteroatoms. The Morgan fingerprint density at radius 2 is 0.792 bits per heavy atom. The second-order valence-corrected chi connectivity index (χ2v) is 8.11. The number of hydrogen-bond donors (Lipinski definition) is 2. The highest BCUT2D eigenvalue weighted by Gasteiger charge is 2.00. The predicted octanol–water partition coefficient (Wildman–Crippen LogP) is 6.63. The molecule has 24 heavy (non-hydrogen) atoms. The molecule has 0 aliphatic rings. The van der Waals surface area contributed by atoms with Gasteiger partial charge in [0, 0.05) is 0 Å². The van der Waals surface area contributed by atoms with Gasteiger partial charge in [-0.1, -0.05) is 117 Å². The first kappa shape index (κ1) is 23.9. The number of rotatable bonds is 19. The molecule has 0 saturated heterocycles. The molecule has 1 atom stereocenters. The lowest BCUT2D eigenvalue weighted by molar-refractivity contribution is 0.0860. The SMILES string of the molecule is CC(C)CCCCCCCCCCCCCCCCCC(O)CO. The van der Waals surface area contributed by atoms with E-state index < -0.39 is 6.10 Å². The molecule has 1 unspecified atom stereocenters. The Labute approximate surface area is 152 Å². The van der Waals surface area contributed by atoms with Gasteiger partial charge in [0.2, 0.25) is 0 Å². The molecule has 0 rings (SSSR count). The van der Waals surface area contributed by atoms with Crippen LogP contribution in [0.5, 0.6) is 0 Å². The van der Waals surface area contributed by atoms with Crippen molar-refractivity contribution in [1.29, 1.82) is 0 Å². The first-order valence-corrected chi connectivity index (χ1v) is 11.0. The third kappa shape index (κ3) is 20.0. The van der Waals surface area contributed by atoms with E-state index in [9.17, 15) is 5.11 Å². The maximum Gasteiger partial charge on any atom is 0.0770 e. The molecule has 0 radical (unpaired) electrons. The second kappa shape index (κ2) is 19.2. The van der Waals surface area contributed by atoms with Crippen LogP contribution < -0.4 is 0 Å². The van der Waals surface area contributed by atoms with Gasteiger partial charge in [-0.2, -0.15) is 0 Å². The van der Waals surface area contributed by atoms with Crippen LogP contribution in [0.15, 0.2) is 0 Å². The highest BCUT2D eigenvalue weighted by molar-refractivity contribution is 4.54. The van der Waals surface area contributed by atoms with Crippen LogP contribution in [-0.2, 0) is 0 Å². The van der Waals surface area contributed by atoms with Crippen molar-refractivity contribution >= 4 is 0 Å². The van der Waals surface area contributed by atoms with E-state index in [4.69, 9.17) is 5.11 Å². The standard InChI is InChI=1S/C22H46O2/c1-21(2)18-16-14-12-10-8-6-4-3-5-7-9-11-13-15-17-19-22(24)20-23/h21-24H,3-20H2,1-2H3. The molecule has 0 amide bonds. The van der Waals surface area contributed by atoms with Gasteiger partial charge in [-0.05, 0) is 12.3 Å². The van der Waals surface area contributed by atoms with Gasteiger partial charge in [0.1, 0.15) is 0 Å². The first-order chi connectivity index (χ1) is 11.7. The summed E-state index contributed by atoms with van der Waals surface area (Å²) in [5.41, 5.74) is 0. The van der Waals surface area contributed by atoms with Crippen LogP contribution in [0.1, 0.15) is 123 Å². The minimum atomic E-state index is -0.495. The quantitative estimate of drug-likeness (QED) is 0.259. The van der Waals surface area contributed by atoms with E-state index in [0.29, 0.717) is 0 Å². The van der Waals surface area contributed by atoms with E-state index in [1.165, 1.54) is 96.3 Å². The van der Waals surface area contributed by atoms with Gasteiger partial charge in [-0.3, -0.25) is 0 Å². The van der Waals surface area contributed by atoms with Crippen molar-refractivity contribution in [3.63, 3.8) is 0 Å². The Morgan fingerprint density at radius 1 is 0.500 bits per heavy atom. The summed E-state index contributed by atoms with van der Waals surface area (Å²) in [5.74, 6) is 0.879. The summed E-state index contributed by atoms with van der Waals surface area (Å²) in [6.07, 6.45) is 22.3. The Kier molecular flexibility index (Phi) is 19.2. The van der Waals surface area contributed by atoms with E-state index in [1.54, 1.807) is 0 Å². The lowest BCUT2D eigenvalue weighted by atomic mass is 10.0. The number of unbranched alkanes of at least 4 members (excludes halogenated alkanes) is 14. The number of hydrogen-bond acceptors (Lipinski definition) is 2. The third-order valence-electron chi connectivity index (χ3n) is 5.03. The Bertz CT molecular complexity index is 228. The molecule has 2 N–H and O–H groups in total. The van der Waals surface area contributed by atoms with Crippen molar-refractivity contribution in [3.05, 3.63) is 0 Å². The molecule has 2 nitrogen and oxygen atoms in total. The molecule has 0 aromatic carbocycles. The fraction of sp³-hybridized carbons (Fsp3) is 1.00. The fourth-order valence-electron chi connectivity index (χ4n) is 3.32. The zero-order valence-corrected chi connectivity index (χ0v) is 16.8. The molecule has 0 bridgehead atoms. The summed E-state index contributed by atoms with van der Waals surface area (Å²) in [4.78, 5) is 0. The normalized spacial score (nSPS) is 12.9. The molecular weight excluding hydrogens is 296 g/mol. The largest absolute Gasteiger partial charge is 0.394 e. The minimum Gasteiger partial charge on any atom is -0.394 e. The molecule has 0 aromatic rings. The summed E-state index contributed by atoms with van der Waals surface area (Å²) in [6, 6.07) is 0. The first-order valence-electron chi connectivity index (χ1n) is 11.0. The third-order valence-corrected chi connectivity index (χ3v) is 5.03. The van der Waals surface area contributed by atoms with E-state index in [-0.39, 0.29) is 6.61 Å². The highest BCUT2D eigenvalue weighted by atomic mass is 16.3. The van der Waals surface area contributed by atoms with E-state index in [1.807, 2.05) is 0 Å². The lowest BCUT2D eigenvalue weighted by Crippen LogP contribution is -2.10. The smallest absolute Gasteiger partial charge is 0.0770 e. The van der Waals surface area contributed by atoms with Crippen LogP contribution in [0.25, 0.3) is 0 Å². The Balaban J connectivity index is 3.00. The topological polar surface area (TPSA) is 40.5 Å². The van der Waals surface area contributed by atoms with Crippen LogP contribution in [-0.4, -0.2) is 22.9 Å². The van der Waals surface area contributed by atoms with Gasteiger partial charge < -0.3 is 10.2 Å². The average Bonchev–Trinajstić information content (AvgIpc) is 2.57. The van der Waals surface area contributed by atoms with Gasteiger partial charge in [0.25, 0.3) is 0 Å². The summed E-state index contributed by atoms with van der Waals surface area (Å²) < 4.78 is 0. The van der Waals surface area contributed by atoms with Gasteiger partial charge in [0.05, 0.1) is 12.7 Å². The summed E-state index contributed by atoms with van der Waals surface area (Å²) in [5, 5.41) is 18.0.